The molecule has 1 aliphatic carbocycles. The Hall–Kier alpha value is -2.24. The van der Waals surface area contributed by atoms with Gasteiger partial charge in [-0.1, -0.05) is 59.6 Å². The second kappa shape index (κ2) is 10.2. The number of nitrogens with one attached hydrogen (secondary N) is 1. The number of hydrogen-bond donors (Lipinski definition) is 2. The van der Waals surface area contributed by atoms with Crippen LogP contribution in [0.3, 0.4) is 0 Å². The van der Waals surface area contributed by atoms with Crippen molar-refractivity contribution in [2.75, 3.05) is 6.54 Å². The third-order valence-electron chi connectivity index (χ3n) is 5.73. The Labute approximate surface area is 180 Å². The Balaban J connectivity index is 2.01. The lowest BCUT2D eigenvalue weighted by molar-refractivity contribution is -0.0163. The van der Waals surface area contributed by atoms with E-state index in [0.717, 1.165) is 44.1 Å². The van der Waals surface area contributed by atoms with Gasteiger partial charge < -0.3 is 20.5 Å². The molecule has 168 valence electrons. The van der Waals surface area contributed by atoms with Gasteiger partial charge in [0, 0.05) is 6.54 Å². The molecule has 3 N–H and O–H groups in total. The highest BCUT2D eigenvalue weighted by atomic mass is 16.6. The van der Waals surface area contributed by atoms with E-state index in [0.29, 0.717) is 18.7 Å². The lowest BCUT2D eigenvalue weighted by Gasteiger charge is -2.45. The SMILES string of the molecule is CCCc1ccc(OC(=O)NCC2(C)CC(OC(N)=O)CC(C)(C)C2)c(CCC)c1. The second-order valence-electron chi connectivity index (χ2n) is 9.80. The molecule has 2 rings (SSSR count). The number of ether oxygens (including phenoxy) is 2. The Morgan fingerprint density at radius 3 is 2.47 bits per heavy atom. The van der Waals surface area contributed by atoms with E-state index >= 15 is 0 Å². The molecule has 2 amide bonds. The Bertz CT molecular complexity index is 747. The predicted molar refractivity (Wildman–Crippen MR) is 119 cm³/mol. The summed E-state index contributed by atoms with van der Waals surface area (Å²) in [6.07, 6.45) is 4.86. The van der Waals surface area contributed by atoms with Crippen molar-refractivity contribution in [2.24, 2.45) is 16.6 Å². The van der Waals surface area contributed by atoms with Gasteiger partial charge in [0.05, 0.1) is 0 Å². The monoisotopic (exact) mass is 418 g/mol. The van der Waals surface area contributed by atoms with Crippen molar-refractivity contribution in [3.05, 3.63) is 29.3 Å². The van der Waals surface area contributed by atoms with Gasteiger partial charge in [0.25, 0.3) is 0 Å². The van der Waals surface area contributed by atoms with Crippen LogP contribution in [-0.2, 0) is 17.6 Å². The fourth-order valence-electron chi connectivity index (χ4n) is 4.98. The van der Waals surface area contributed by atoms with E-state index in [-0.39, 0.29) is 16.9 Å². The van der Waals surface area contributed by atoms with E-state index < -0.39 is 12.2 Å². The topological polar surface area (TPSA) is 90.7 Å². The smallest absolute Gasteiger partial charge is 0.412 e. The molecule has 1 aliphatic rings. The van der Waals surface area contributed by atoms with Crippen molar-refractivity contribution < 1.29 is 19.1 Å². The molecule has 0 radical (unpaired) electrons. The number of benzene rings is 1. The summed E-state index contributed by atoms with van der Waals surface area (Å²) in [4.78, 5) is 23.8. The fourth-order valence-corrected chi connectivity index (χ4v) is 4.98. The predicted octanol–water partition coefficient (Wildman–Crippen LogP) is 5.36. The van der Waals surface area contributed by atoms with E-state index in [4.69, 9.17) is 15.2 Å². The minimum Gasteiger partial charge on any atom is -0.446 e. The summed E-state index contributed by atoms with van der Waals surface area (Å²) < 4.78 is 10.9. The van der Waals surface area contributed by atoms with Crippen LogP contribution in [-0.4, -0.2) is 24.8 Å². The summed E-state index contributed by atoms with van der Waals surface area (Å²) in [6.45, 7) is 11.1. The second-order valence-corrected chi connectivity index (χ2v) is 9.80. The van der Waals surface area contributed by atoms with Crippen LogP contribution in [0.4, 0.5) is 9.59 Å². The van der Waals surface area contributed by atoms with Crippen LogP contribution < -0.4 is 15.8 Å². The standard InChI is InChI=1S/C24H38N2O4/c1-6-8-17-10-11-20(18(12-17)9-7-2)30-22(28)26-16-24(5)14-19(29-21(25)27)13-23(3,4)15-24/h10-12,19H,6-9,13-16H2,1-5H3,(H2,25,27)(H,26,28). The molecule has 30 heavy (non-hydrogen) atoms. The average molecular weight is 419 g/mol. The molecule has 1 fully saturated rings. The van der Waals surface area contributed by atoms with E-state index in [1.54, 1.807) is 0 Å². The van der Waals surface area contributed by atoms with Crippen molar-refractivity contribution >= 4 is 12.2 Å². The van der Waals surface area contributed by atoms with Crippen molar-refractivity contribution in [1.82, 2.24) is 5.32 Å². The maximum atomic E-state index is 12.5. The molecule has 2 atom stereocenters. The van der Waals surface area contributed by atoms with Crippen LogP contribution in [0, 0.1) is 10.8 Å². The molecule has 0 bridgehead atoms. The van der Waals surface area contributed by atoms with E-state index in [1.165, 1.54) is 5.56 Å². The first-order valence-corrected chi connectivity index (χ1v) is 11.1. The van der Waals surface area contributed by atoms with Crippen LogP contribution in [0.2, 0.25) is 0 Å². The van der Waals surface area contributed by atoms with Crippen LogP contribution in [0.5, 0.6) is 5.75 Å². The van der Waals surface area contributed by atoms with Crippen molar-refractivity contribution in [3.8, 4) is 5.75 Å². The molecule has 1 aromatic rings. The van der Waals surface area contributed by atoms with Crippen LogP contribution >= 0.6 is 0 Å². The number of nitrogens with two attached hydrogens (primary N) is 1. The number of hydrogen-bond acceptors (Lipinski definition) is 4. The fraction of sp³-hybridized carbons (Fsp3) is 0.667. The van der Waals surface area contributed by atoms with Crippen molar-refractivity contribution in [1.29, 1.82) is 0 Å². The lowest BCUT2D eigenvalue weighted by Crippen LogP contribution is -2.47. The number of carbonyl (C=O) groups excluding carboxylic acids is 2. The van der Waals surface area contributed by atoms with Crippen LogP contribution in [0.15, 0.2) is 18.2 Å². The summed E-state index contributed by atoms with van der Waals surface area (Å²) in [5.41, 5.74) is 7.34. The van der Waals surface area contributed by atoms with E-state index in [1.807, 2.05) is 12.1 Å². The zero-order valence-corrected chi connectivity index (χ0v) is 19.2. The maximum Gasteiger partial charge on any atom is 0.412 e. The van der Waals surface area contributed by atoms with E-state index in [9.17, 15) is 9.59 Å². The number of carbonyl (C=O) groups is 2. The number of aryl methyl sites for hydroxylation is 2. The zero-order chi connectivity index (χ0) is 22.4. The molecular formula is C24H38N2O4. The van der Waals surface area contributed by atoms with E-state index in [2.05, 4.69) is 46.0 Å². The van der Waals surface area contributed by atoms with Gasteiger partial charge in [0.15, 0.2) is 0 Å². The maximum absolute atomic E-state index is 12.5. The van der Waals surface area contributed by atoms with Gasteiger partial charge in [-0.15, -0.1) is 0 Å². The molecule has 0 aromatic heterocycles. The van der Waals surface area contributed by atoms with Gasteiger partial charge in [0.2, 0.25) is 0 Å². The molecule has 6 heteroatoms. The number of amides is 2. The first-order valence-electron chi connectivity index (χ1n) is 11.1. The Morgan fingerprint density at radius 1 is 1.13 bits per heavy atom. The third-order valence-corrected chi connectivity index (χ3v) is 5.73. The molecule has 0 aliphatic heterocycles. The average Bonchev–Trinajstić information content (AvgIpc) is 2.60. The first kappa shape index (κ1) is 24.0. The largest absolute Gasteiger partial charge is 0.446 e. The molecular weight excluding hydrogens is 380 g/mol. The molecule has 1 saturated carbocycles. The van der Waals surface area contributed by atoms with Crippen LogP contribution in [0.25, 0.3) is 0 Å². The normalized spacial score (nSPS) is 22.9. The minimum atomic E-state index is -0.748. The van der Waals surface area contributed by atoms with Gasteiger partial charge in [-0.3, -0.25) is 0 Å². The van der Waals surface area contributed by atoms with Crippen LogP contribution in [0.1, 0.15) is 77.8 Å². The molecule has 6 nitrogen and oxygen atoms in total. The quantitative estimate of drug-likeness (QED) is 0.594. The molecule has 2 unspecified atom stereocenters. The van der Waals surface area contributed by atoms with Gasteiger partial charge in [0.1, 0.15) is 11.9 Å². The summed E-state index contributed by atoms with van der Waals surface area (Å²) in [5, 5.41) is 2.93. The highest BCUT2D eigenvalue weighted by molar-refractivity contribution is 5.71. The highest BCUT2D eigenvalue weighted by Crippen LogP contribution is 2.46. The Morgan fingerprint density at radius 2 is 1.83 bits per heavy atom. The summed E-state index contributed by atoms with van der Waals surface area (Å²) in [5.74, 6) is 0.623. The Kier molecular flexibility index (Phi) is 8.16. The number of primary amides is 1. The summed E-state index contributed by atoms with van der Waals surface area (Å²) in [7, 11) is 0. The third kappa shape index (κ3) is 7.22. The number of rotatable bonds is 8. The van der Waals surface area contributed by atoms with Crippen molar-refractivity contribution in [3.63, 3.8) is 0 Å². The molecule has 1 aromatic carbocycles. The zero-order valence-electron chi connectivity index (χ0n) is 19.2. The van der Waals surface area contributed by atoms with Crippen molar-refractivity contribution in [2.45, 2.75) is 85.7 Å². The molecule has 0 heterocycles. The summed E-state index contributed by atoms with van der Waals surface area (Å²) >= 11 is 0. The molecule has 0 saturated heterocycles. The van der Waals surface area contributed by atoms with Gasteiger partial charge in [-0.05, 0) is 60.1 Å². The first-order chi connectivity index (χ1) is 14.1. The van der Waals surface area contributed by atoms with Gasteiger partial charge in [-0.2, -0.15) is 0 Å². The van der Waals surface area contributed by atoms with Gasteiger partial charge in [-0.25, -0.2) is 9.59 Å². The lowest BCUT2D eigenvalue weighted by atomic mass is 9.63. The minimum absolute atomic E-state index is 0.0118. The summed E-state index contributed by atoms with van der Waals surface area (Å²) in [6, 6.07) is 6.08. The molecule has 0 spiro atoms. The van der Waals surface area contributed by atoms with Gasteiger partial charge >= 0.3 is 12.2 Å². The highest BCUT2D eigenvalue weighted by Gasteiger charge is 2.42.